The monoisotopic (exact) mass is 487 g/mol. The highest BCUT2D eigenvalue weighted by molar-refractivity contribution is 7.46. The van der Waals surface area contributed by atoms with Gasteiger partial charge in [0, 0.05) is 9.75 Å². The summed E-state index contributed by atoms with van der Waals surface area (Å²) in [5.41, 5.74) is -0.407. The molecule has 6 N–H and O–H groups in total. The summed E-state index contributed by atoms with van der Waals surface area (Å²) in [6, 6.07) is 4.02. The molecule has 0 aliphatic carbocycles. The molecule has 0 amide bonds. The molecule has 4 rings (SSSR count). The third-order valence-electron chi connectivity index (χ3n) is 4.95. The number of aromatic amines is 1. The van der Waals surface area contributed by atoms with Gasteiger partial charge in [-0.2, -0.15) is 4.98 Å². The Labute approximate surface area is 184 Å². The molecule has 1 aliphatic heterocycles. The molecular weight excluding hydrogens is 465 g/mol. The number of aliphatic hydroxyl groups excluding tert-OH is 2. The van der Waals surface area contributed by atoms with Gasteiger partial charge in [-0.1, -0.05) is 6.92 Å². The van der Waals surface area contributed by atoms with Crippen molar-refractivity contribution in [3.05, 3.63) is 38.6 Å². The number of aliphatic hydroxyl groups is 2. The van der Waals surface area contributed by atoms with Crippen LogP contribution >= 0.6 is 19.2 Å². The van der Waals surface area contributed by atoms with Crippen LogP contribution in [0.1, 0.15) is 22.9 Å². The number of rotatable bonds is 8. The number of thiophene rings is 1. The molecule has 3 aromatic heterocycles. The van der Waals surface area contributed by atoms with E-state index in [1.54, 1.807) is 11.3 Å². The Morgan fingerprint density at radius 1 is 1.31 bits per heavy atom. The van der Waals surface area contributed by atoms with E-state index in [2.05, 4.69) is 31.7 Å². The topological polar surface area (TPSA) is 192 Å². The summed E-state index contributed by atoms with van der Waals surface area (Å²) in [5.74, 6) is 0.185. The third-order valence-corrected chi connectivity index (χ3v) is 6.66. The highest BCUT2D eigenvalue weighted by Crippen LogP contribution is 2.38. The Bertz CT molecular complexity index is 1210. The summed E-state index contributed by atoms with van der Waals surface area (Å²) in [4.78, 5) is 43.4. The number of aromatic nitrogens is 4. The van der Waals surface area contributed by atoms with E-state index in [1.807, 2.05) is 12.1 Å². The number of imidazole rings is 1. The summed E-state index contributed by atoms with van der Waals surface area (Å²) >= 11 is 1.64. The molecule has 15 heteroatoms. The van der Waals surface area contributed by atoms with Gasteiger partial charge in [0.05, 0.1) is 19.5 Å². The van der Waals surface area contributed by atoms with Crippen molar-refractivity contribution in [3.63, 3.8) is 0 Å². The van der Waals surface area contributed by atoms with Crippen LogP contribution in [0, 0.1) is 0 Å². The van der Waals surface area contributed by atoms with E-state index in [1.165, 1.54) is 15.8 Å². The number of H-pyrrole nitrogens is 1. The fraction of sp³-hybridized carbons (Fsp3) is 0.471. The molecule has 1 aliphatic rings. The Morgan fingerprint density at radius 2 is 2.06 bits per heavy atom. The molecule has 0 aromatic carbocycles. The Morgan fingerprint density at radius 3 is 2.75 bits per heavy atom. The number of hydrogen-bond acceptors (Lipinski definition) is 10. The number of phosphoric acid groups is 1. The molecule has 4 atom stereocenters. The minimum Gasteiger partial charge on any atom is -0.387 e. The summed E-state index contributed by atoms with van der Waals surface area (Å²) in [5, 5.41) is 23.6. The molecule has 3 aromatic rings. The number of anilines is 1. The number of aryl methyl sites for hydroxylation is 1. The minimum atomic E-state index is -4.79. The SMILES string of the molecule is CCc1ccc(CNc2nc3c(ncn3[C@@H]3O[C@H](COP(=O)(O)O)[C@@H](O)[C@H]3O)c(=O)[nH]2)s1. The molecule has 1 fully saturated rings. The van der Waals surface area contributed by atoms with Crippen molar-refractivity contribution in [1.29, 1.82) is 0 Å². The van der Waals surface area contributed by atoms with Crippen molar-refractivity contribution >= 4 is 36.3 Å². The van der Waals surface area contributed by atoms with Crippen LogP contribution in [0.2, 0.25) is 0 Å². The Hall–Kier alpha value is -2.16. The van der Waals surface area contributed by atoms with Gasteiger partial charge in [-0.3, -0.25) is 18.9 Å². The van der Waals surface area contributed by atoms with Gasteiger partial charge in [0.25, 0.3) is 5.56 Å². The van der Waals surface area contributed by atoms with Gasteiger partial charge in [-0.15, -0.1) is 11.3 Å². The van der Waals surface area contributed by atoms with Crippen LogP contribution in [-0.2, 0) is 26.8 Å². The zero-order valence-corrected chi connectivity index (χ0v) is 18.5. The smallest absolute Gasteiger partial charge is 0.387 e. The maximum Gasteiger partial charge on any atom is 0.469 e. The Kier molecular flexibility index (Phi) is 6.47. The second-order valence-electron chi connectivity index (χ2n) is 7.15. The summed E-state index contributed by atoms with van der Waals surface area (Å²) in [6.07, 6.45) is -3.22. The lowest BCUT2D eigenvalue weighted by Gasteiger charge is -2.16. The standard InChI is InChI=1S/C17H22N5O8PS/c1-2-8-3-4-9(32-8)5-18-17-20-14-11(15(25)21-17)19-7-22(14)16-13(24)12(23)10(30-16)6-29-31(26,27)28/h3-4,7,10,12-13,16,23-24H,2,5-6H2,1H3,(H2,26,27,28)(H2,18,20,21,25)/t10-,12-,13-,16-/m1/s1. The summed E-state index contributed by atoms with van der Waals surface area (Å²) < 4.78 is 22.1. The molecule has 0 spiro atoms. The number of hydrogen-bond donors (Lipinski definition) is 6. The van der Waals surface area contributed by atoms with Crippen molar-refractivity contribution in [1.82, 2.24) is 19.5 Å². The van der Waals surface area contributed by atoms with Gasteiger partial charge in [-0.05, 0) is 18.6 Å². The van der Waals surface area contributed by atoms with Crippen molar-refractivity contribution in [2.75, 3.05) is 11.9 Å². The van der Waals surface area contributed by atoms with Crippen LogP contribution in [0.25, 0.3) is 11.2 Å². The molecule has 0 saturated carbocycles. The van der Waals surface area contributed by atoms with Gasteiger partial charge in [0.15, 0.2) is 17.4 Å². The maximum atomic E-state index is 12.4. The number of fused-ring (bicyclic) bond motifs is 1. The van der Waals surface area contributed by atoms with Crippen LogP contribution in [0.4, 0.5) is 5.95 Å². The first-order valence-electron chi connectivity index (χ1n) is 9.66. The third kappa shape index (κ3) is 4.77. The lowest BCUT2D eigenvalue weighted by Crippen LogP contribution is -2.33. The van der Waals surface area contributed by atoms with Crippen molar-refractivity contribution < 1.29 is 33.8 Å². The first-order valence-corrected chi connectivity index (χ1v) is 12.0. The van der Waals surface area contributed by atoms with Gasteiger partial charge in [-0.25, -0.2) is 9.55 Å². The van der Waals surface area contributed by atoms with E-state index in [0.29, 0.717) is 6.54 Å². The van der Waals surface area contributed by atoms with Crippen LogP contribution in [0.3, 0.4) is 0 Å². The van der Waals surface area contributed by atoms with E-state index in [-0.39, 0.29) is 17.1 Å². The average Bonchev–Trinajstić information content (AvgIpc) is 3.43. The first-order chi connectivity index (χ1) is 15.2. The lowest BCUT2D eigenvalue weighted by atomic mass is 10.1. The van der Waals surface area contributed by atoms with Gasteiger partial charge in [0.2, 0.25) is 5.95 Å². The molecule has 32 heavy (non-hydrogen) atoms. The molecule has 1 saturated heterocycles. The largest absolute Gasteiger partial charge is 0.469 e. The molecule has 0 bridgehead atoms. The molecule has 0 unspecified atom stereocenters. The molecule has 174 valence electrons. The van der Waals surface area contributed by atoms with Gasteiger partial charge >= 0.3 is 7.82 Å². The maximum absolute atomic E-state index is 12.4. The second kappa shape index (κ2) is 9.00. The second-order valence-corrected chi connectivity index (χ2v) is 9.64. The van der Waals surface area contributed by atoms with Gasteiger partial charge < -0.3 is 30.1 Å². The number of ether oxygens (including phenoxy) is 1. The van der Waals surface area contributed by atoms with Gasteiger partial charge in [0.1, 0.15) is 18.3 Å². The zero-order valence-electron chi connectivity index (χ0n) is 16.8. The summed E-state index contributed by atoms with van der Waals surface area (Å²) in [6.45, 7) is 1.86. The highest BCUT2D eigenvalue weighted by atomic mass is 32.1. The number of nitrogens with one attached hydrogen (secondary N) is 2. The quantitative estimate of drug-likeness (QED) is 0.236. The zero-order chi connectivity index (χ0) is 23.0. The van der Waals surface area contributed by atoms with E-state index < -0.39 is 44.5 Å². The molecule has 13 nitrogen and oxygen atoms in total. The van der Waals surface area contributed by atoms with E-state index in [0.717, 1.165) is 11.3 Å². The van der Waals surface area contributed by atoms with Crippen molar-refractivity contribution in [2.45, 2.75) is 44.4 Å². The van der Waals surface area contributed by atoms with E-state index in [4.69, 9.17) is 14.5 Å². The van der Waals surface area contributed by atoms with Crippen LogP contribution < -0.4 is 10.9 Å². The normalized spacial score (nSPS) is 23.8. The highest BCUT2D eigenvalue weighted by Gasteiger charge is 2.45. The molecule has 4 heterocycles. The lowest BCUT2D eigenvalue weighted by molar-refractivity contribution is -0.0503. The van der Waals surface area contributed by atoms with Crippen molar-refractivity contribution in [2.24, 2.45) is 0 Å². The molecular formula is C17H22N5O8PS. The van der Waals surface area contributed by atoms with E-state index >= 15 is 0 Å². The minimum absolute atomic E-state index is 0.000139. The molecule has 0 radical (unpaired) electrons. The van der Waals surface area contributed by atoms with Crippen LogP contribution in [-0.4, -0.2) is 64.4 Å². The fourth-order valence-electron chi connectivity index (χ4n) is 3.34. The van der Waals surface area contributed by atoms with Crippen LogP contribution in [0.5, 0.6) is 0 Å². The fourth-order valence-corrected chi connectivity index (χ4v) is 4.58. The number of phosphoric ester groups is 1. The predicted octanol–water partition coefficient (Wildman–Crippen LogP) is 0.0841. The average molecular weight is 487 g/mol. The predicted molar refractivity (Wildman–Crippen MR) is 113 cm³/mol. The van der Waals surface area contributed by atoms with E-state index in [9.17, 15) is 19.6 Å². The Balaban J connectivity index is 1.56. The van der Waals surface area contributed by atoms with Crippen LogP contribution in [0.15, 0.2) is 23.3 Å². The summed E-state index contributed by atoms with van der Waals surface area (Å²) in [7, 11) is -4.79. The number of nitrogens with zero attached hydrogens (tertiary/aromatic N) is 3. The first kappa shape index (κ1) is 23.0. The van der Waals surface area contributed by atoms with Crippen molar-refractivity contribution in [3.8, 4) is 0 Å².